The lowest BCUT2D eigenvalue weighted by Crippen LogP contribution is -2.01. The summed E-state index contributed by atoms with van der Waals surface area (Å²) >= 11 is 3.41. The highest BCUT2D eigenvalue weighted by Gasteiger charge is 2.08. The van der Waals surface area contributed by atoms with Crippen molar-refractivity contribution in [3.63, 3.8) is 0 Å². The predicted molar refractivity (Wildman–Crippen MR) is 66.9 cm³/mol. The summed E-state index contributed by atoms with van der Waals surface area (Å²) in [4.78, 5) is 4.41. The van der Waals surface area contributed by atoms with Crippen molar-refractivity contribution in [2.45, 2.75) is 6.92 Å². The molecular weight excluding hydrogens is 282 g/mol. The minimum Gasteiger partial charge on any atom is -0.253 e. The van der Waals surface area contributed by atoms with Gasteiger partial charge >= 0.3 is 0 Å². The van der Waals surface area contributed by atoms with Crippen molar-refractivity contribution in [1.82, 2.24) is 25.2 Å². The summed E-state index contributed by atoms with van der Waals surface area (Å²) in [5, 5.41) is 12.5. The quantitative estimate of drug-likeness (QED) is 0.690. The van der Waals surface area contributed by atoms with Gasteiger partial charge < -0.3 is 0 Å². The Bertz CT molecular complexity index is 691. The zero-order valence-electron chi connectivity index (χ0n) is 9.00. The van der Waals surface area contributed by atoms with Crippen LogP contribution in [-0.2, 0) is 0 Å². The highest BCUT2D eigenvalue weighted by atomic mass is 79.9. The first kappa shape index (κ1) is 10.3. The van der Waals surface area contributed by atoms with Crippen LogP contribution in [0.1, 0.15) is 5.82 Å². The standard InChI is InChI=1S/C11H8BrN5/c1-7-14-15-16-17(7)10-4-2-3-8-5-9(12)6-13-11(8)10/h2-6H,1H3. The smallest absolute Gasteiger partial charge is 0.153 e. The highest BCUT2D eigenvalue weighted by molar-refractivity contribution is 9.10. The van der Waals surface area contributed by atoms with E-state index in [4.69, 9.17) is 0 Å². The number of tetrazole rings is 1. The maximum atomic E-state index is 4.41. The van der Waals surface area contributed by atoms with Crippen LogP contribution >= 0.6 is 15.9 Å². The van der Waals surface area contributed by atoms with E-state index in [2.05, 4.69) is 36.4 Å². The molecule has 2 aromatic heterocycles. The predicted octanol–water partition coefficient (Wildman–Crippen LogP) is 2.28. The van der Waals surface area contributed by atoms with E-state index in [-0.39, 0.29) is 0 Å². The number of para-hydroxylation sites is 1. The highest BCUT2D eigenvalue weighted by Crippen LogP contribution is 2.22. The number of pyridine rings is 1. The minimum absolute atomic E-state index is 0.738. The molecule has 0 aliphatic heterocycles. The summed E-state index contributed by atoms with van der Waals surface area (Å²) < 4.78 is 2.64. The minimum atomic E-state index is 0.738. The second-order valence-corrected chi connectivity index (χ2v) is 4.56. The molecule has 0 N–H and O–H groups in total. The molecule has 0 radical (unpaired) electrons. The lowest BCUT2D eigenvalue weighted by molar-refractivity contribution is 0.782. The molecule has 1 aromatic carbocycles. The molecule has 17 heavy (non-hydrogen) atoms. The fourth-order valence-corrected chi connectivity index (χ4v) is 2.09. The zero-order chi connectivity index (χ0) is 11.8. The molecule has 0 unspecified atom stereocenters. The van der Waals surface area contributed by atoms with Gasteiger partial charge in [0.05, 0.1) is 11.2 Å². The van der Waals surface area contributed by atoms with E-state index in [1.165, 1.54) is 0 Å². The first-order valence-corrected chi connectivity index (χ1v) is 5.84. The van der Waals surface area contributed by atoms with Crippen LogP contribution in [0.5, 0.6) is 0 Å². The van der Waals surface area contributed by atoms with Crippen molar-refractivity contribution in [3.05, 3.63) is 40.8 Å². The van der Waals surface area contributed by atoms with Gasteiger partial charge in [0.25, 0.3) is 0 Å². The second kappa shape index (κ2) is 3.89. The fourth-order valence-electron chi connectivity index (χ4n) is 1.74. The average Bonchev–Trinajstić information content (AvgIpc) is 2.74. The Balaban J connectivity index is 2.34. The number of hydrogen-bond acceptors (Lipinski definition) is 4. The van der Waals surface area contributed by atoms with Gasteiger partial charge in [-0.25, -0.2) is 0 Å². The van der Waals surface area contributed by atoms with Gasteiger partial charge in [-0.1, -0.05) is 12.1 Å². The van der Waals surface area contributed by atoms with Gasteiger partial charge in [0.1, 0.15) is 0 Å². The molecular formula is C11H8BrN5. The molecule has 0 saturated carbocycles. The van der Waals surface area contributed by atoms with Crippen molar-refractivity contribution < 1.29 is 0 Å². The van der Waals surface area contributed by atoms with E-state index in [0.717, 1.165) is 26.9 Å². The normalized spacial score (nSPS) is 10.9. The molecule has 0 fully saturated rings. The number of halogens is 1. The summed E-state index contributed by atoms with van der Waals surface area (Å²) in [6.45, 7) is 1.86. The third-order valence-corrected chi connectivity index (χ3v) is 2.94. The molecule has 0 amide bonds. The Hall–Kier alpha value is -1.82. The van der Waals surface area contributed by atoms with Crippen molar-refractivity contribution in [2.75, 3.05) is 0 Å². The van der Waals surface area contributed by atoms with Crippen LogP contribution < -0.4 is 0 Å². The van der Waals surface area contributed by atoms with E-state index < -0.39 is 0 Å². The lowest BCUT2D eigenvalue weighted by Gasteiger charge is -2.05. The van der Waals surface area contributed by atoms with Gasteiger partial charge in [-0.3, -0.25) is 4.98 Å². The number of aromatic nitrogens is 5. The van der Waals surface area contributed by atoms with E-state index >= 15 is 0 Å². The molecule has 3 aromatic rings. The summed E-state index contributed by atoms with van der Waals surface area (Å²) in [5.74, 6) is 0.738. The second-order valence-electron chi connectivity index (χ2n) is 3.64. The van der Waals surface area contributed by atoms with E-state index in [9.17, 15) is 0 Å². The van der Waals surface area contributed by atoms with Crippen LogP contribution in [0.3, 0.4) is 0 Å². The number of aryl methyl sites for hydroxylation is 1. The molecule has 0 atom stereocenters. The van der Waals surface area contributed by atoms with Crippen LogP contribution in [-0.4, -0.2) is 25.2 Å². The SMILES string of the molecule is Cc1nnnn1-c1cccc2cc(Br)cnc12. The Morgan fingerprint density at radius 1 is 1.29 bits per heavy atom. The molecule has 84 valence electrons. The monoisotopic (exact) mass is 289 g/mol. The third kappa shape index (κ3) is 1.70. The van der Waals surface area contributed by atoms with Gasteiger partial charge in [-0.05, 0) is 45.4 Å². The first-order chi connectivity index (χ1) is 8.25. The van der Waals surface area contributed by atoms with Crippen LogP contribution in [0.2, 0.25) is 0 Å². The third-order valence-electron chi connectivity index (χ3n) is 2.51. The van der Waals surface area contributed by atoms with Gasteiger partial charge in [0.15, 0.2) is 5.82 Å². The lowest BCUT2D eigenvalue weighted by atomic mass is 10.2. The summed E-state index contributed by atoms with van der Waals surface area (Å²) in [5.41, 5.74) is 1.77. The number of rotatable bonds is 1. The first-order valence-electron chi connectivity index (χ1n) is 5.05. The Morgan fingerprint density at radius 3 is 2.94 bits per heavy atom. The van der Waals surface area contributed by atoms with Gasteiger partial charge in [-0.2, -0.15) is 4.68 Å². The zero-order valence-corrected chi connectivity index (χ0v) is 10.6. The maximum absolute atomic E-state index is 4.41. The summed E-state index contributed by atoms with van der Waals surface area (Å²) in [7, 11) is 0. The number of hydrogen-bond donors (Lipinski definition) is 0. The van der Waals surface area contributed by atoms with Crippen molar-refractivity contribution in [2.24, 2.45) is 0 Å². The van der Waals surface area contributed by atoms with Crippen molar-refractivity contribution in [3.8, 4) is 5.69 Å². The van der Waals surface area contributed by atoms with E-state index in [0.29, 0.717) is 0 Å². The maximum Gasteiger partial charge on any atom is 0.153 e. The molecule has 6 heteroatoms. The van der Waals surface area contributed by atoms with Crippen LogP contribution in [0.4, 0.5) is 0 Å². The number of fused-ring (bicyclic) bond motifs is 1. The van der Waals surface area contributed by atoms with Gasteiger partial charge in [0.2, 0.25) is 0 Å². The topological polar surface area (TPSA) is 56.5 Å². The molecule has 0 saturated heterocycles. The summed E-state index contributed by atoms with van der Waals surface area (Å²) in [6, 6.07) is 7.95. The summed E-state index contributed by atoms with van der Waals surface area (Å²) in [6.07, 6.45) is 1.77. The van der Waals surface area contributed by atoms with Crippen molar-refractivity contribution in [1.29, 1.82) is 0 Å². The largest absolute Gasteiger partial charge is 0.253 e. The van der Waals surface area contributed by atoms with Crippen LogP contribution in [0.25, 0.3) is 16.6 Å². The molecule has 0 aliphatic rings. The molecule has 0 spiro atoms. The van der Waals surface area contributed by atoms with Crippen molar-refractivity contribution >= 4 is 26.8 Å². The van der Waals surface area contributed by atoms with E-state index in [1.807, 2.05) is 31.2 Å². The van der Waals surface area contributed by atoms with Crippen LogP contribution in [0.15, 0.2) is 34.9 Å². The Morgan fingerprint density at radius 2 is 2.18 bits per heavy atom. The molecule has 2 heterocycles. The fraction of sp³-hybridized carbons (Fsp3) is 0.0909. The average molecular weight is 290 g/mol. The number of nitrogens with zero attached hydrogens (tertiary/aromatic N) is 5. The molecule has 0 bridgehead atoms. The Kier molecular flexibility index (Phi) is 2.36. The molecule has 5 nitrogen and oxygen atoms in total. The van der Waals surface area contributed by atoms with E-state index in [1.54, 1.807) is 10.9 Å². The Labute approximate surface area is 106 Å². The van der Waals surface area contributed by atoms with Gasteiger partial charge in [0, 0.05) is 16.1 Å². The van der Waals surface area contributed by atoms with Gasteiger partial charge in [-0.15, -0.1) is 5.10 Å². The molecule has 0 aliphatic carbocycles. The van der Waals surface area contributed by atoms with Crippen LogP contribution in [0, 0.1) is 6.92 Å². The molecule has 3 rings (SSSR count). The number of benzene rings is 1.